The Kier molecular flexibility index (Phi) is 3.10. The van der Waals surface area contributed by atoms with Gasteiger partial charge in [-0.25, -0.2) is 0 Å². The summed E-state index contributed by atoms with van der Waals surface area (Å²) >= 11 is 0. The summed E-state index contributed by atoms with van der Waals surface area (Å²) in [6.45, 7) is 2.95. The lowest BCUT2D eigenvalue weighted by molar-refractivity contribution is 0.209. The van der Waals surface area contributed by atoms with Gasteiger partial charge in [0.25, 0.3) is 0 Å². The predicted octanol–water partition coefficient (Wildman–Crippen LogP) is 0.253. The van der Waals surface area contributed by atoms with Gasteiger partial charge in [0.2, 0.25) is 5.89 Å². The Bertz CT molecular complexity index is 262. The molecule has 0 radical (unpaired) electrons. The third kappa shape index (κ3) is 2.10. The molecule has 0 aliphatic carbocycles. The van der Waals surface area contributed by atoms with Gasteiger partial charge in [0.05, 0.1) is 6.54 Å². The van der Waals surface area contributed by atoms with Crippen LogP contribution in [0.3, 0.4) is 0 Å². The molecule has 0 aromatic carbocycles. The molecule has 1 atom stereocenters. The first-order valence-corrected chi connectivity index (χ1v) is 5.04. The zero-order valence-electron chi connectivity index (χ0n) is 8.44. The van der Waals surface area contributed by atoms with E-state index >= 15 is 0 Å². The molecule has 14 heavy (non-hydrogen) atoms. The molecule has 2 rings (SSSR count). The van der Waals surface area contributed by atoms with E-state index in [1.165, 1.54) is 19.2 Å². The lowest BCUT2D eigenvalue weighted by Crippen LogP contribution is -2.36. The van der Waals surface area contributed by atoms with Crippen LogP contribution < -0.4 is 5.32 Å². The molecule has 0 amide bonds. The van der Waals surface area contributed by atoms with E-state index in [1.807, 2.05) is 7.05 Å². The van der Waals surface area contributed by atoms with Gasteiger partial charge in [0, 0.05) is 12.6 Å². The lowest BCUT2D eigenvalue weighted by Gasteiger charge is -2.22. The molecule has 5 nitrogen and oxygen atoms in total. The van der Waals surface area contributed by atoms with E-state index < -0.39 is 0 Å². The summed E-state index contributed by atoms with van der Waals surface area (Å²) < 4.78 is 5.00. The van der Waals surface area contributed by atoms with E-state index in [2.05, 4.69) is 20.4 Å². The van der Waals surface area contributed by atoms with Crippen LogP contribution in [0.1, 0.15) is 18.7 Å². The Morgan fingerprint density at radius 1 is 1.71 bits per heavy atom. The lowest BCUT2D eigenvalue weighted by atomic mass is 10.2. The van der Waals surface area contributed by atoms with Crippen molar-refractivity contribution in [2.24, 2.45) is 0 Å². The molecule has 1 aromatic heterocycles. The van der Waals surface area contributed by atoms with E-state index in [0.29, 0.717) is 11.9 Å². The standard InChI is InChI=1S/C9H16N4O/c1-10-5-8-3-2-4-13(8)6-9-11-7-12-14-9/h7-8,10H,2-6H2,1H3. The number of nitrogens with one attached hydrogen (secondary N) is 1. The van der Waals surface area contributed by atoms with Gasteiger partial charge in [-0.2, -0.15) is 4.98 Å². The molecule has 1 unspecified atom stereocenters. The van der Waals surface area contributed by atoms with Crippen LogP contribution in [0.25, 0.3) is 0 Å². The number of likely N-dealkylation sites (N-methyl/N-ethyl adjacent to an activating group) is 1. The summed E-state index contributed by atoms with van der Waals surface area (Å²) in [5.74, 6) is 0.716. The van der Waals surface area contributed by atoms with Gasteiger partial charge < -0.3 is 9.84 Å². The second kappa shape index (κ2) is 4.52. The van der Waals surface area contributed by atoms with Crippen LogP contribution in [-0.2, 0) is 6.54 Å². The van der Waals surface area contributed by atoms with Gasteiger partial charge in [0.1, 0.15) is 0 Å². The summed E-state index contributed by atoms with van der Waals surface area (Å²) in [5.41, 5.74) is 0. The highest BCUT2D eigenvalue weighted by atomic mass is 16.5. The third-order valence-corrected chi connectivity index (χ3v) is 2.68. The second-order valence-electron chi connectivity index (χ2n) is 3.66. The zero-order chi connectivity index (χ0) is 9.80. The number of hydrogen-bond acceptors (Lipinski definition) is 5. The van der Waals surface area contributed by atoms with Crippen molar-refractivity contribution in [3.8, 4) is 0 Å². The fourth-order valence-corrected chi connectivity index (χ4v) is 2.01. The van der Waals surface area contributed by atoms with Crippen molar-refractivity contribution >= 4 is 0 Å². The van der Waals surface area contributed by atoms with Crippen molar-refractivity contribution in [2.75, 3.05) is 20.1 Å². The maximum Gasteiger partial charge on any atom is 0.240 e. The molecular formula is C9H16N4O. The monoisotopic (exact) mass is 196 g/mol. The molecule has 5 heteroatoms. The van der Waals surface area contributed by atoms with Crippen LogP contribution in [0.5, 0.6) is 0 Å². The van der Waals surface area contributed by atoms with Gasteiger partial charge in [-0.15, -0.1) is 0 Å². The molecule has 0 bridgehead atoms. The maximum absolute atomic E-state index is 5.00. The number of aromatic nitrogens is 2. The van der Waals surface area contributed by atoms with Gasteiger partial charge in [-0.05, 0) is 26.4 Å². The number of hydrogen-bond donors (Lipinski definition) is 1. The zero-order valence-corrected chi connectivity index (χ0v) is 8.44. The Balaban J connectivity index is 1.90. The average Bonchev–Trinajstić information content (AvgIpc) is 2.80. The van der Waals surface area contributed by atoms with Gasteiger partial charge in [0.15, 0.2) is 6.33 Å². The third-order valence-electron chi connectivity index (χ3n) is 2.68. The summed E-state index contributed by atoms with van der Waals surface area (Å²) in [5, 5.41) is 6.82. The van der Waals surface area contributed by atoms with Gasteiger partial charge in [-0.1, -0.05) is 5.16 Å². The molecule has 1 N–H and O–H groups in total. The average molecular weight is 196 g/mol. The topological polar surface area (TPSA) is 54.2 Å². The minimum absolute atomic E-state index is 0.617. The number of nitrogens with zero attached hydrogens (tertiary/aromatic N) is 3. The maximum atomic E-state index is 5.00. The van der Waals surface area contributed by atoms with Crippen molar-refractivity contribution in [1.82, 2.24) is 20.4 Å². The van der Waals surface area contributed by atoms with E-state index in [4.69, 9.17) is 4.52 Å². The van der Waals surface area contributed by atoms with E-state index in [1.54, 1.807) is 0 Å². The normalized spacial score (nSPS) is 23.1. The van der Waals surface area contributed by atoms with Crippen LogP contribution in [0.2, 0.25) is 0 Å². The van der Waals surface area contributed by atoms with Gasteiger partial charge in [-0.3, -0.25) is 4.90 Å². The SMILES string of the molecule is CNCC1CCCN1Cc1ncno1. The first kappa shape index (κ1) is 9.61. The smallest absolute Gasteiger partial charge is 0.240 e. The van der Waals surface area contributed by atoms with Crippen molar-refractivity contribution in [2.45, 2.75) is 25.4 Å². The van der Waals surface area contributed by atoms with Gasteiger partial charge >= 0.3 is 0 Å². The Labute approximate surface area is 83.5 Å². The first-order chi connectivity index (χ1) is 6.90. The highest BCUT2D eigenvalue weighted by Crippen LogP contribution is 2.18. The Morgan fingerprint density at radius 2 is 2.64 bits per heavy atom. The van der Waals surface area contributed by atoms with E-state index in [0.717, 1.165) is 19.6 Å². The molecule has 1 saturated heterocycles. The van der Waals surface area contributed by atoms with Crippen LogP contribution in [0.15, 0.2) is 10.9 Å². The fraction of sp³-hybridized carbons (Fsp3) is 0.778. The highest BCUT2D eigenvalue weighted by molar-refractivity contribution is 4.84. The Hall–Kier alpha value is -0.940. The molecule has 0 saturated carbocycles. The van der Waals surface area contributed by atoms with Crippen LogP contribution in [0.4, 0.5) is 0 Å². The minimum atomic E-state index is 0.617. The molecular weight excluding hydrogens is 180 g/mol. The highest BCUT2D eigenvalue weighted by Gasteiger charge is 2.24. The van der Waals surface area contributed by atoms with E-state index in [9.17, 15) is 0 Å². The molecule has 0 spiro atoms. The van der Waals surface area contributed by atoms with Crippen molar-refractivity contribution in [3.63, 3.8) is 0 Å². The van der Waals surface area contributed by atoms with Crippen molar-refractivity contribution in [1.29, 1.82) is 0 Å². The first-order valence-electron chi connectivity index (χ1n) is 5.04. The molecule has 78 valence electrons. The number of rotatable bonds is 4. The molecule has 1 aliphatic heterocycles. The predicted molar refractivity (Wildman–Crippen MR) is 51.7 cm³/mol. The Morgan fingerprint density at radius 3 is 3.36 bits per heavy atom. The molecule has 1 fully saturated rings. The van der Waals surface area contributed by atoms with Crippen molar-refractivity contribution in [3.05, 3.63) is 12.2 Å². The molecule has 2 heterocycles. The summed E-state index contributed by atoms with van der Waals surface area (Å²) in [4.78, 5) is 6.43. The van der Waals surface area contributed by atoms with E-state index in [-0.39, 0.29) is 0 Å². The van der Waals surface area contributed by atoms with Crippen molar-refractivity contribution < 1.29 is 4.52 Å². The minimum Gasteiger partial charge on any atom is -0.338 e. The largest absolute Gasteiger partial charge is 0.338 e. The number of likely N-dealkylation sites (tertiary alicyclic amines) is 1. The van der Waals surface area contributed by atoms with Crippen LogP contribution in [-0.4, -0.2) is 41.2 Å². The summed E-state index contributed by atoms with van der Waals surface area (Å²) in [6, 6.07) is 0.617. The quantitative estimate of drug-likeness (QED) is 0.748. The molecule has 1 aromatic rings. The fourth-order valence-electron chi connectivity index (χ4n) is 2.01. The summed E-state index contributed by atoms with van der Waals surface area (Å²) in [6.07, 6.45) is 3.98. The molecule has 1 aliphatic rings. The van der Waals surface area contributed by atoms with Crippen LogP contribution in [0, 0.1) is 0 Å². The summed E-state index contributed by atoms with van der Waals surface area (Å²) in [7, 11) is 1.99. The van der Waals surface area contributed by atoms with Crippen LogP contribution >= 0.6 is 0 Å². The second-order valence-corrected chi connectivity index (χ2v) is 3.66.